The maximum atomic E-state index is 14.2. The van der Waals surface area contributed by atoms with Gasteiger partial charge in [0.15, 0.2) is 11.6 Å². The molecule has 0 fully saturated rings. The molecule has 0 amide bonds. The number of phenolic OH excluding ortho intramolecular Hbond substituents is 1. The highest BCUT2D eigenvalue weighted by Crippen LogP contribution is 2.42. The summed E-state index contributed by atoms with van der Waals surface area (Å²) in [6, 6.07) is 13.1. The van der Waals surface area contributed by atoms with Crippen LogP contribution in [0.15, 0.2) is 60.9 Å². The van der Waals surface area contributed by atoms with E-state index in [2.05, 4.69) is 20.2 Å². The van der Waals surface area contributed by atoms with Gasteiger partial charge in [0.1, 0.15) is 18.2 Å². The van der Waals surface area contributed by atoms with E-state index >= 15 is 0 Å². The lowest BCUT2D eigenvalue weighted by molar-refractivity contribution is 0.287. The quantitative estimate of drug-likeness (QED) is 0.200. The molecular formula is C28H23F2N5O2S. The summed E-state index contributed by atoms with van der Waals surface area (Å²) in [5.74, 6) is -2.10. The molecule has 0 saturated heterocycles. The standard InChI is InChI=1S/C28H23F2N5O2S/c1-14-28-24(35-34-14)10-25(38-28)20-9-18(12-33-26(20)21-7-16(29)8-22(30)27(21)36)37-13-17(31)6-15-11-32-23-5-3-2-4-19(15)23/h2-5,7-12,17,32,36H,6,13,31H2,1H3,(H,34,35)/t17-/m1/s1. The van der Waals surface area contributed by atoms with Gasteiger partial charge in [0.25, 0.3) is 0 Å². The monoisotopic (exact) mass is 531 g/mol. The maximum absolute atomic E-state index is 14.2. The Balaban J connectivity index is 1.32. The molecule has 7 nitrogen and oxygen atoms in total. The zero-order chi connectivity index (χ0) is 26.4. The van der Waals surface area contributed by atoms with Crippen LogP contribution in [0.3, 0.4) is 0 Å². The highest BCUT2D eigenvalue weighted by Gasteiger charge is 2.21. The van der Waals surface area contributed by atoms with Gasteiger partial charge in [-0.15, -0.1) is 11.3 Å². The number of hydrogen-bond acceptors (Lipinski definition) is 6. The maximum Gasteiger partial charge on any atom is 0.168 e. The number of pyridine rings is 1. The predicted octanol–water partition coefficient (Wildman–Crippen LogP) is 6.08. The third-order valence-corrected chi connectivity index (χ3v) is 7.71. The number of ether oxygens (including phenoxy) is 1. The van der Waals surface area contributed by atoms with Gasteiger partial charge < -0.3 is 20.6 Å². The summed E-state index contributed by atoms with van der Waals surface area (Å²) >= 11 is 1.46. The summed E-state index contributed by atoms with van der Waals surface area (Å²) in [6.45, 7) is 2.12. The second-order valence-corrected chi connectivity index (χ2v) is 10.2. The number of thiophene rings is 1. The van der Waals surface area contributed by atoms with Crippen LogP contribution < -0.4 is 10.5 Å². The number of aromatic hydroxyl groups is 1. The van der Waals surface area contributed by atoms with Crippen LogP contribution >= 0.6 is 11.3 Å². The van der Waals surface area contributed by atoms with Gasteiger partial charge in [-0.1, -0.05) is 18.2 Å². The van der Waals surface area contributed by atoms with Gasteiger partial charge in [-0.25, -0.2) is 8.78 Å². The normalized spacial score (nSPS) is 12.4. The minimum absolute atomic E-state index is 0.0491. The molecule has 38 heavy (non-hydrogen) atoms. The van der Waals surface area contributed by atoms with Crippen LogP contribution in [-0.2, 0) is 6.42 Å². The number of aromatic amines is 2. The van der Waals surface area contributed by atoms with Crippen molar-refractivity contribution in [2.24, 2.45) is 5.73 Å². The average molecular weight is 532 g/mol. The summed E-state index contributed by atoms with van der Waals surface area (Å²) in [7, 11) is 0. The Hall–Kier alpha value is -4.28. The smallest absolute Gasteiger partial charge is 0.168 e. The molecule has 6 rings (SSSR count). The lowest BCUT2D eigenvalue weighted by atomic mass is 10.0. The van der Waals surface area contributed by atoms with Gasteiger partial charge in [0.2, 0.25) is 0 Å². The van der Waals surface area contributed by atoms with E-state index in [9.17, 15) is 13.9 Å². The van der Waals surface area contributed by atoms with E-state index in [1.54, 1.807) is 6.07 Å². The van der Waals surface area contributed by atoms with Gasteiger partial charge in [-0.05, 0) is 43.2 Å². The molecule has 5 N–H and O–H groups in total. The van der Waals surface area contributed by atoms with Crippen LogP contribution in [0.2, 0.25) is 0 Å². The molecule has 0 spiro atoms. The number of nitrogens with one attached hydrogen (secondary N) is 2. The molecule has 0 aliphatic heterocycles. The summed E-state index contributed by atoms with van der Waals surface area (Å²) in [4.78, 5) is 8.49. The van der Waals surface area contributed by atoms with Crippen LogP contribution in [0.4, 0.5) is 8.78 Å². The van der Waals surface area contributed by atoms with Crippen molar-refractivity contribution in [3.63, 3.8) is 0 Å². The lowest BCUT2D eigenvalue weighted by Gasteiger charge is -2.15. The van der Waals surface area contributed by atoms with Crippen LogP contribution in [0.1, 0.15) is 11.3 Å². The Morgan fingerprint density at radius 2 is 1.95 bits per heavy atom. The first-order valence-electron chi connectivity index (χ1n) is 11.9. The number of halogens is 2. The zero-order valence-electron chi connectivity index (χ0n) is 20.3. The fourth-order valence-electron chi connectivity index (χ4n) is 4.59. The van der Waals surface area contributed by atoms with Crippen molar-refractivity contribution in [1.29, 1.82) is 0 Å². The average Bonchev–Trinajstić information content (AvgIpc) is 3.61. The third kappa shape index (κ3) is 4.37. The second kappa shape index (κ2) is 9.55. The molecule has 0 aliphatic rings. The van der Waals surface area contributed by atoms with E-state index in [0.29, 0.717) is 23.8 Å². The van der Waals surface area contributed by atoms with Crippen LogP contribution in [-0.4, -0.2) is 37.9 Å². The van der Waals surface area contributed by atoms with E-state index in [-0.39, 0.29) is 23.9 Å². The fraction of sp³-hybridized carbons (Fsp3) is 0.143. The van der Waals surface area contributed by atoms with E-state index in [1.807, 2.05) is 43.5 Å². The SMILES string of the molecule is Cc1n[nH]c2cc(-c3cc(OC[C@H](N)Cc4c[nH]c5ccccc45)cnc3-c3cc(F)cc(F)c3O)sc12. The van der Waals surface area contributed by atoms with Crippen molar-refractivity contribution >= 4 is 32.5 Å². The predicted molar refractivity (Wildman–Crippen MR) is 144 cm³/mol. The van der Waals surface area contributed by atoms with Crippen molar-refractivity contribution in [3.05, 3.63) is 83.8 Å². The molecule has 4 heterocycles. The number of para-hydroxylation sites is 1. The number of phenols is 1. The molecule has 4 aromatic heterocycles. The number of hydrogen-bond donors (Lipinski definition) is 4. The first-order valence-corrected chi connectivity index (χ1v) is 12.8. The van der Waals surface area contributed by atoms with Gasteiger partial charge in [0.05, 0.1) is 27.8 Å². The van der Waals surface area contributed by atoms with Gasteiger partial charge in [-0.3, -0.25) is 10.1 Å². The topological polar surface area (TPSA) is 113 Å². The second-order valence-electron chi connectivity index (χ2n) is 9.15. The molecule has 6 aromatic rings. The summed E-state index contributed by atoms with van der Waals surface area (Å²) in [5, 5.41) is 18.7. The summed E-state index contributed by atoms with van der Waals surface area (Å²) < 4.78 is 35.3. The van der Waals surface area contributed by atoms with E-state index in [0.717, 1.165) is 43.3 Å². The van der Waals surface area contributed by atoms with Crippen molar-refractivity contribution < 1.29 is 18.6 Å². The first kappa shape index (κ1) is 24.1. The number of benzene rings is 2. The Morgan fingerprint density at radius 3 is 2.79 bits per heavy atom. The Kier molecular flexibility index (Phi) is 6.05. The largest absolute Gasteiger partial charge is 0.504 e. The van der Waals surface area contributed by atoms with Crippen molar-refractivity contribution in [1.82, 2.24) is 20.2 Å². The van der Waals surface area contributed by atoms with Crippen LogP contribution in [0.5, 0.6) is 11.5 Å². The molecule has 0 aliphatic carbocycles. The molecule has 192 valence electrons. The van der Waals surface area contributed by atoms with E-state index < -0.39 is 17.4 Å². The van der Waals surface area contributed by atoms with Crippen LogP contribution in [0.25, 0.3) is 42.8 Å². The highest BCUT2D eigenvalue weighted by atomic mass is 32.1. The van der Waals surface area contributed by atoms with Gasteiger partial charge >= 0.3 is 0 Å². The minimum Gasteiger partial charge on any atom is -0.504 e. The molecule has 0 radical (unpaired) electrons. The Morgan fingerprint density at radius 1 is 1.11 bits per heavy atom. The molecule has 0 unspecified atom stereocenters. The summed E-state index contributed by atoms with van der Waals surface area (Å²) in [5.41, 5.74) is 10.9. The highest BCUT2D eigenvalue weighted by molar-refractivity contribution is 7.22. The molecular weight excluding hydrogens is 508 g/mol. The number of rotatable bonds is 7. The Labute approximate surface area is 219 Å². The van der Waals surface area contributed by atoms with Crippen molar-refractivity contribution in [2.45, 2.75) is 19.4 Å². The molecule has 10 heteroatoms. The fourth-order valence-corrected chi connectivity index (χ4v) is 5.66. The first-order chi connectivity index (χ1) is 18.4. The van der Waals surface area contributed by atoms with Crippen LogP contribution in [0, 0.1) is 18.6 Å². The van der Waals surface area contributed by atoms with E-state index in [4.69, 9.17) is 10.5 Å². The number of nitrogens with zero attached hydrogens (tertiary/aromatic N) is 2. The van der Waals surface area contributed by atoms with Crippen molar-refractivity contribution in [3.8, 4) is 33.2 Å². The number of aryl methyl sites for hydroxylation is 1. The third-order valence-electron chi connectivity index (χ3n) is 6.44. The number of fused-ring (bicyclic) bond motifs is 2. The number of H-pyrrole nitrogens is 2. The molecule has 0 bridgehead atoms. The van der Waals surface area contributed by atoms with Gasteiger partial charge in [0, 0.05) is 45.2 Å². The minimum atomic E-state index is -1.06. The van der Waals surface area contributed by atoms with Gasteiger partial charge in [-0.2, -0.15) is 5.10 Å². The lowest BCUT2D eigenvalue weighted by Crippen LogP contribution is -2.30. The molecule has 0 saturated carbocycles. The molecule has 1 atom stereocenters. The Bertz CT molecular complexity index is 1790. The number of nitrogens with two attached hydrogens (primary N) is 1. The van der Waals surface area contributed by atoms with E-state index in [1.165, 1.54) is 17.5 Å². The molecule has 2 aromatic carbocycles. The van der Waals surface area contributed by atoms with Crippen molar-refractivity contribution in [2.75, 3.05) is 6.61 Å². The number of aromatic nitrogens is 4. The zero-order valence-corrected chi connectivity index (χ0v) is 21.1. The summed E-state index contributed by atoms with van der Waals surface area (Å²) in [6.07, 6.45) is 4.03.